The first-order chi connectivity index (χ1) is 24.2. The van der Waals surface area contributed by atoms with Gasteiger partial charge in [-0.15, -0.1) is 0 Å². The molecule has 3 saturated heterocycles. The van der Waals surface area contributed by atoms with Gasteiger partial charge in [0.05, 0.1) is 41.2 Å². The average Bonchev–Trinajstić information content (AvgIpc) is 3.72. The molecule has 2 amide bonds. The van der Waals surface area contributed by atoms with Crippen molar-refractivity contribution in [2.75, 3.05) is 33.9 Å². The normalized spacial score (nSPS) is 18.9. The third-order valence-electron chi connectivity index (χ3n) is 10.1. The summed E-state index contributed by atoms with van der Waals surface area (Å²) in [5, 5.41) is 10.6. The molecule has 0 bridgehead atoms. The van der Waals surface area contributed by atoms with Crippen LogP contribution in [0, 0.1) is 0 Å². The van der Waals surface area contributed by atoms with Crippen molar-refractivity contribution in [2.24, 2.45) is 0 Å². The third kappa shape index (κ3) is 6.65. The maximum absolute atomic E-state index is 11.8. The lowest BCUT2D eigenvalue weighted by atomic mass is 9.86. The fourth-order valence-electron chi connectivity index (χ4n) is 7.31. The summed E-state index contributed by atoms with van der Waals surface area (Å²) >= 11 is 14.2. The molecule has 2 atom stereocenters. The van der Waals surface area contributed by atoms with E-state index in [9.17, 15) is 9.59 Å². The minimum absolute atomic E-state index is 0.0664. The van der Waals surface area contributed by atoms with Gasteiger partial charge in [-0.25, -0.2) is 9.97 Å². The summed E-state index contributed by atoms with van der Waals surface area (Å²) in [4.78, 5) is 35.4. The zero-order valence-corrected chi connectivity index (χ0v) is 29.8. The van der Waals surface area contributed by atoms with Gasteiger partial charge in [0.1, 0.15) is 0 Å². The number of rotatable bonds is 11. The Morgan fingerprint density at radius 2 is 1.48 bits per heavy atom. The van der Waals surface area contributed by atoms with Crippen LogP contribution in [0.25, 0.3) is 33.6 Å². The molecule has 5 heterocycles. The molecule has 3 aliphatic rings. The fourth-order valence-corrected chi connectivity index (χ4v) is 7.96. The zero-order chi connectivity index (χ0) is 35.0. The number of aromatic nitrogens is 2. The largest absolute Gasteiger partial charge is 0.481 e. The van der Waals surface area contributed by atoms with E-state index in [0.717, 1.165) is 59.3 Å². The molecule has 4 aromatic rings. The van der Waals surface area contributed by atoms with Crippen LogP contribution < -0.4 is 25.4 Å². The number of likely N-dealkylation sites (tertiary alicyclic amines) is 1. The Hall–Kier alpha value is -4.22. The van der Waals surface area contributed by atoms with Crippen LogP contribution >= 0.6 is 23.2 Å². The maximum Gasteiger partial charge on any atom is 0.220 e. The number of amides is 2. The molecule has 0 radical (unpaired) electrons. The number of methoxy groups -OCH3 is 2. The Morgan fingerprint density at radius 3 is 2.06 bits per heavy atom. The molecule has 50 heavy (non-hydrogen) atoms. The molecule has 0 saturated carbocycles. The van der Waals surface area contributed by atoms with E-state index >= 15 is 0 Å². The van der Waals surface area contributed by atoms with Gasteiger partial charge in [-0.05, 0) is 38.0 Å². The number of ether oxygens (including phenoxy) is 2. The van der Waals surface area contributed by atoms with Gasteiger partial charge in [0, 0.05) is 84.5 Å². The Balaban J connectivity index is 1.11. The van der Waals surface area contributed by atoms with Crippen molar-refractivity contribution in [2.45, 2.75) is 56.8 Å². The lowest BCUT2D eigenvalue weighted by molar-refractivity contribution is -0.121. The Morgan fingerprint density at radius 1 is 0.860 bits per heavy atom. The van der Waals surface area contributed by atoms with Gasteiger partial charge in [0.2, 0.25) is 23.6 Å². The minimum Gasteiger partial charge on any atom is -0.481 e. The summed E-state index contributed by atoms with van der Waals surface area (Å²) in [6.07, 6.45) is 2.88. The molecule has 1 spiro atoms. The van der Waals surface area contributed by atoms with Crippen molar-refractivity contribution < 1.29 is 19.1 Å². The van der Waals surface area contributed by atoms with Gasteiger partial charge in [0.25, 0.3) is 0 Å². The predicted molar refractivity (Wildman–Crippen MR) is 194 cm³/mol. The fraction of sp³-hybridized carbons (Fsp3) is 0.368. The highest BCUT2D eigenvalue weighted by Gasteiger charge is 2.49. The number of nitrogens with one attached hydrogen (secondary N) is 3. The highest BCUT2D eigenvalue weighted by Crippen LogP contribution is 2.43. The number of hydrogen-bond donors (Lipinski definition) is 3. The second-order valence-electron chi connectivity index (χ2n) is 13.3. The third-order valence-corrected chi connectivity index (χ3v) is 10.9. The first-order valence-corrected chi connectivity index (χ1v) is 17.7. The van der Waals surface area contributed by atoms with Crippen molar-refractivity contribution in [3.8, 4) is 45.4 Å². The van der Waals surface area contributed by atoms with E-state index < -0.39 is 0 Å². The van der Waals surface area contributed by atoms with Gasteiger partial charge >= 0.3 is 0 Å². The molecule has 2 aromatic heterocycles. The van der Waals surface area contributed by atoms with Crippen molar-refractivity contribution in [3.63, 3.8) is 0 Å². The van der Waals surface area contributed by atoms with Crippen LogP contribution in [0.5, 0.6) is 11.8 Å². The smallest absolute Gasteiger partial charge is 0.220 e. The summed E-state index contributed by atoms with van der Waals surface area (Å²) in [6, 6.07) is 19.8. The molecule has 12 heteroatoms. The summed E-state index contributed by atoms with van der Waals surface area (Å²) in [6.45, 7) is 4.99. The van der Waals surface area contributed by atoms with Crippen molar-refractivity contribution in [1.29, 1.82) is 0 Å². The minimum atomic E-state index is -0.0989. The number of benzene rings is 2. The first kappa shape index (κ1) is 34.2. The topological polar surface area (TPSA) is 118 Å². The van der Waals surface area contributed by atoms with Crippen LogP contribution in [0.1, 0.15) is 49.8 Å². The second-order valence-corrected chi connectivity index (χ2v) is 14.1. The molecule has 3 fully saturated rings. The molecule has 7 rings (SSSR count). The van der Waals surface area contributed by atoms with Gasteiger partial charge in [-0.1, -0.05) is 65.7 Å². The highest BCUT2D eigenvalue weighted by molar-refractivity contribution is 6.39. The van der Waals surface area contributed by atoms with Crippen LogP contribution in [-0.4, -0.2) is 72.1 Å². The average molecular weight is 716 g/mol. The SMILES string of the molecule is COc1nc(-c2cccc(-c3cccc(-c4ccc([C@H](C)N5CC6(CCC(=O)N6)C5)c(OC)n4)c3Cl)c2Cl)ccc1CNC[C@@H]1CCC(=O)N1. The van der Waals surface area contributed by atoms with Crippen LogP contribution in [-0.2, 0) is 16.1 Å². The molecule has 10 nitrogen and oxygen atoms in total. The van der Waals surface area contributed by atoms with Crippen LogP contribution in [0.15, 0.2) is 60.7 Å². The lowest BCUT2D eigenvalue weighted by Crippen LogP contribution is -2.67. The number of carbonyl (C=O) groups excluding carboxylic acids is 2. The summed E-state index contributed by atoms with van der Waals surface area (Å²) in [7, 11) is 3.23. The van der Waals surface area contributed by atoms with Crippen molar-refractivity contribution >= 4 is 35.0 Å². The van der Waals surface area contributed by atoms with E-state index in [1.165, 1.54) is 0 Å². The van der Waals surface area contributed by atoms with E-state index in [-0.39, 0.29) is 29.4 Å². The number of halogens is 2. The first-order valence-electron chi connectivity index (χ1n) is 16.9. The molecule has 260 valence electrons. The summed E-state index contributed by atoms with van der Waals surface area (Å²) in [5.41, 5.74) is 6.19. The molecule has 3 N–H and O–H groups in total. The molecule has 3 aliphatic heterocycles. The quantitative estimate of drug-likeness (QED) is 0.168. The molecule has 0 unspecified atom stereocenters. The monoisotopic (exact) mass is 714 g/mol. The van der Waals surface area contributed by atoms with Crippen molar-refractivity contribution in [3.05, 3.63) is 81.8 Å². The number of hydrogen-bond acceptors (Lipinski definition) is 8. The maximum atomic E-state index is 11.8. The van der Waals surface area contributed by atoms with Gasteiger partial charge < -0.3 is 25.4 Å². The second kappa shape index (κ2) is 14.2. The van der Waals surface area contributed by atoms with E-state index in [1.54, 1.807) is 14.2 Å². The number of pyridine rings is 2. The standard InChI is InChI=1S/C38H40Cl2N6O4/c1-22(46-20-38(21-46)17-16-33(48)45-38)25-12-14-31(44-37(25)50-3)29-9-5-7-27(35(29)40)26-6-4-8-28(34(26)39)30-13-10-23(36(43-30)49-2)18-41-19-24-11-15-32(47)42-24/h4-10,12-14,22,24,41H,11,15-21H2,1-3H3,(H,42,47)(H,45,48)/t22-,24-/m0/s1. The Labute approximate surface area is 301 Å². The van der Waals surface area contributed by atoms with E-state index in [1.807, 2.05) is 60.7 Å². The van der Waals surface area contributed by atoms with E-state index in [2.05, 4.69) is 27.8 Å². The number of carbonyl (C=O) groups is 2. The molecular weight excluding hydrogens is 675 g/mol. The molecular formula is C38H40Cl2N6O4. The summed E-state index contributed by atoms with van der Waals surface area (Å²) < 4.78 is 11.4. The zero-order valence-electron chi connectivity index (χ0n) is 28.3. The van der Waals surface area contributed by atoms with Crippen LogP contribution in [0.3, 0.4) is 0 Å². The van der Waals surface area contributed by atoms with Gasteiger partial charge in [-0.3, -0.25) is 14.5 Å². The Bertz CT molecular complexity index is 1950. The Kier molecular flexibility index (Phi) is 9.72. The van der Waals surface area contributed by atoms with Gasteiger partial charge in [0.15, 0.2) is 0 Å². The van der Waals surface area contributed by atoms with Crippen LogP contribution in [0.4, 0.5) is 0 Å². The van der Waals surface area contributed by atoms with Crippen LogP contribution in [0.2, 0.25) is 10.0 Å². The van der Waals surface area contributed by atoms with Crippen molar-refractivity contribution in [1.82, 2.24) is 30.8 Å². The number of nitrogens with zero attached hydrogens (tertiary/aromatic N) is 3. The highest BCUT2D eigenvalue weighted by atomic mass is 35.5. The predicted octanol–water partition coefficient (Wildman–Crippen LogP) is 6.20. The lowest BCUT2D eigenvalue weighted by Gasteiger charge is -2.50. The van der Waals surface area contributed by atoms with E-state index in [0.29, 0.717) is 59.1 Å². The molecule has 2 aromatic carbocycles. The summed E-state index contributed by atoms with van der Waals surface area (Å²) in [5.74, 6) is 1.28. The van der Waals surface area contributed by atoms with E-state index in [4.69, 9.17) is 42.6 Å². The molecule has 0 aliphatic carbocycles. The van der Waals surface area contributed by atoms with Gasteiger partial charge in [-0.2, -0.15) is 0 Å².